The Morgan fingerprint density at radius 3 is 2.56 bits per heavy atom. The van der Waals surface area contributed by atoms with Crippen molar-refractivity contribution >= 4 is 21.6 Å². The van der Waals surface area contributed by atoms with Crippen LogP contribution in [0, 0.1) is 0 Å². The molecule has 0 aliphatic carbocycles. The number of nitrogens with zero attached hydrogens (tertiary/aromatic N) is 1. The first kappa shape index (κ1) is 17.4. The number of nitrogens with one attached hydrogen (secondary N) is 1. The summed E-state index contributed by atoms with van der Waals surface area (Å²) in [7, 11) is -3.67. The highest BCUT2D eigenvalue weighted by Crippen LogP contribution is 2.33. The van der Waals surface area contributed by atoms with Gasteiger partial charge in [0.1, 0.15) is 5.75 Å². The first-order valence-corrected chi connectivity index (χ1v) is 9.51. The molecule has 0 spiro atoms. The Kier molecular flexibility index (Phi) is 4.78. The van der Waals surface area contributed by atoms with Crippen LogP contribution in [0.4, 0.5) is 5.69 Å². The van der Waals surface area contributed by atoms with Crippen LogP contribution >= 0.6 is 0 Å². The van der Waals surface area contributed by atoms with Gasteiger partial charge in [-0.1, -0.05) is 37.3 Å². The molecule has 1 aliphatic rings. The molecular weight excluding hydrogens is 340 g/mol. The van der Waals surface area contributed by atoms with Gasteiger partial charge in [-0.25, -0.2) is 8.42 Å². The molecule has 0 fully saturated rings. The Balaban J connectivity index is 1.91. The predicted octanol–water partition coefficient (Wildman–Crippen LogP) is 2.62. The molecule has 0 bridgehead atoms. The van der Waals surface area contributed by atoms with Crippen molar-refractivity contribution < 1.29 is 17.9 Å². The Morgan fingerprint density at radius 2 is 1.88 bits per heavy atom. The van der Waals surface area contributed by atoms with E-state index in [1.165, 1.54) is 16.4 Å². The lowest BCUT2D eigenvalue weighted by Crippen LogP contribution is -2.35. The van der Waals surface area contributed by atoms with Crippen molar-refractivity contribution in [1.29, 1.82) is 0 Å². The van der Waals surface area contributed by atoms with Crippen LogP contribution in [0.15, 0.2) is 53.4 Å². The third kappa shape index (κ3) is 3.52. The molecule has 1 aliphatic heterocycles. The van der Waals surface area contributed by atoms with Crippen LogP contribution in [-0.4, -0.2) is 31.3 Å². The molecule has 132 valence electrons. The van der Waals surface area contributed by atoms with E-state index in [-0.39, 0.29) is 10.8 Å². The summed E-state index contributed by atoms with van der Waals surface area (Å²) in [5.74, 6) is 0.117. The lowest BCUT2D eigenvalue weighted by molar-refractivity contribution is -0.122. The van der Waals surface area contributed by atoms with Crippen LogP contribution < -0.4 is 10.1 Å². The Hall–Kier alpha value is -2.38. The molecule has 3 rings (SSSR count). The Bertz CT molecular complexity index is 881. The molecule has 0 unspecified atom stereocenters. The Labute approximate surface area is 147 Å². The van der Waals surface area contributed by atoms with Crippen LogP contribution in [-0.2, 0) is 21.4 Å². The molecule has 0 radical (unpaired) electrons. The molecule has 1 amide bonds. The van der Waals surface area contributed by atoms with Gasteiger partial charge in [0.25, 0.3) is 5.91 Å². The fourth-order valence-electron chi connectivity index (χ4n) is 2.65. The largest absolute Gasteiger partial charge is 0.479 e. The summed E-state index contributed by atoms with van der Waals surface area (Å²) in [5, 5.41) is 2.70. The first-order valence-electron chi connectivity index (χ1n) is 8.07. The normalized spacial score (nSPS) is 16.9. The summed E-state index contributed by atoms with van der Waals surface area (Å²) in [6, 6.07) is 14.0. The van der Waals surface area contributed by atoms with E-state index >= 15 is 0 Å². The van der Waals surface area contributed by atoms with Crippen LogP contribution in [0.5, 0.6) is 5.75 Å². The molecular formula is C18H20N2O4S. The first-order chi connectivity index (χ1) is 11.9. The lowest BCUT2D eigenvalue weighted by atomic mass is 10.2. The van der Waals surface area contributed by atoms with Gasteiger partial charge in [0, 0.05) is 19.2 Å². The van der Waals surface area contributed by atoms with E-state index < -0.39 is 16.1 Å². The number of hydrogen-bond donors (Lipinski definition) is 1. The summed E-state index contributed by atoms with van der Waals surface area (Å²) < 4.78 is 32.9. The van der Waals surface area contributed by atoms with E-state index in [1.807, 2.05) is 30.3 Å². The van der Waals surface area contributed by atoms with Gasteiger partial charge >= 0.3 is 0 Å². The number of anilines is 1. The quantitative estimate of drug-likeness (QED) is 0.889. The van der Waals surface area contributed by atoms with E-state index in [0.29, 0.717) is 24.5 Å². The van der Waals surface area contributed by atoms with Gasteiger partial charge in [-0.3, -0.25) is 4.79 Å². The summed E-state index contributed by atoms with van der Waals surface area (Å²) in [5.41, 5.74) is 1.40. The van der Waals surface area contributed by atoms with E-state index in [1.54, 1.807) is 19.9 Å². The van der Waals surface area contributed by atoms with Gasteiger partial charge in [0.15, 0.2) is 6.10 Å². The summed E-state index contributed by atoms with van der Waals surface area (Å²) in [6.45, 7) is 4.07. The number of carbonyl (C=O) groups excluding carboxylic acids is 1. The van der Waals surface area contributed by atoms with E-state index in [9.17, 15) is 13.2 Å². The molecule has 2 aromatic rings. The molecule has 0 saturated carbocycles. The molecule has 0 aromatic heterocycles. The van der Waals surface area contributed by atoms with Crippen molar-refractivity contribution in [3.8, 4) is 5.75 Å². The van der Waals surface area contributed by atoms with Crippen molar-refractivity contribution in [3.05, 3.63) is 54.1 Å². The van der Waals surface area contributed by atoms with Crippen molar-refractivity contribution in [2.45, 2.75) is 31.4 Å². The fraction of sp³-hybridized carbons (Fsp3) is 0.278. The molecule has 25 heavy (non-hydrogen) atoms. The molecule has 1 atom stereocenters. The van der Waals surface area contributed by atoms with E-state index in [2.05, 4.69) is 5.32 Å². The number of sulfonamides is 1. The number of fused-ring (bicyclic) bond motifs is 1. The van der Waals surface area contributed by atoms with E-state index in [0.717, 1.165) is 5.56 Å². The topological polar surface area (TPSA) is 75.7 Å². The maximum atomic E-state index is 13.0. The second-order valence-electron chi connectivity index (χ2n) is 5.82. The van der Waals surface area contributed by atoms with Crippen molar-refractivity contribution in [2.75, 3.05) is 11.9 Å². The highest BCUT2D eigenvalue weighted by Gasteiger charge is 2.28. The van der Waals surface area contributed by atoms with Crippen LogP contribution in [0.2, 0.25) is 0 Å². The second-order valence-corrected chi connectivity index (χ2v) is 7.76. The SMILES string of the molecule is CCN(Cc1ccccc1)S(=O)(=O)c1ccc2c(c1)O[C@H](C)C(=O)N2. The third-order valence-electron chi connectivity index (χ3n) is 4.08. The van der Waals surface area contributed by atoms with Crippen LogP contribution in [0.25, 0.3) is 0 Å². The average molecular weight is 360 g/mol. The molecule has 6 nitrogen and oxygen atoms in total. The maximum absolute atomic E-state index is 13.0. The molecule has 1 heterocycles. The van der Waals surface area contributed by atoms with Crippen molar-refractivity contribution in [3.63, 3.8) is 0 Å². The zero-order valence-corrected chi connectivity index (χ0v) is 14.9. The maximum Gasteiger partial charge on any atom is 0.265 e. The van der Waals surface area contributed by atoms with Crippen molar-refractivity contribution in [1.82, 2.24) is 4.31 Å². The number of benzene rings is 2. The van der Waals surface area contributed by atoms with Gasteiger partial charge in [-0.2, -0.15) is 4.31 Å². The number of carbonyl (C=O) groups is 1. The predicted molar refractivity (Wildman–Crippen MR) is 94.9 cm³/mol. The van der Waals surface area contributed by atoms with Gasteiger partial charge in [-0.15, -0.1) is 0 Å². The average Bonchev–Trinajstić information content (AvgIpc) is 2.61. The van der Waals surface area contributed by atoms with Crippen LogP contribution in [0.3, 0.4) is 0 Å². The fourth-order valence-corrected chi connectivity index (χ4v) is 4.10. The summed E-state index contributed by atoms with van der Waals surface area (Å²) in [6.07, 6.45) is -0.656. The minimum atomic E-state index is -3.67. The minimum Gasteiger partial charge on any atom is -0.479 e. The highest BCUT2D eigenvalue weighted by molar-refractivity contribution is 7.89. The lowest BCUT2D eigenvalue weighted by Gasteiger charge is -2.25. The zero-order chi connectivity index (χ0) is 18.0. The van der Waals surface area contributed by atoms with Crippen molar-refractivity contribution in [2.24, 2.45) is 0 Å². The standard InChI is InChI=1S/C18H20N2O4S/c1-3-20(12-14-7-5-4-6-8-14)25(22,23)15-9-10-16-17(11-15)24-13(2)18(21)19-16/h4-11,13H,3,12H2,1-2H3,(H,19,21)/t13-/m1/s1. The second kappa shape index (κ2) is 6.85. The van der Waals surface area contributed by atoms with Crippen LogP contribution in [0.1, 0.15) is 19.4 Å². The van der Waals surface area contributed by atoms with Gasteiger partial charge < -0.3 is 10.1 Å². The molecule has 7 heteroatoms. The smallest absolute Gasteiger partial charge is 0.265 e. The minimum absolute atomic E-state index is 0.146. The molecule has 2 aromatic carbocycles. The number of hydrogen-bond acceptors (Lipinski definition) is 4. The van der Waals surface area contributed by atoms with E-state index in [4.69, 9.17) is 4.74 Å². The highest BCUT2D eigenvalue weighted by atomic mass is 32.2. The monoisotopic (exact) mass is 360 g/mol. The van der Waals surface area contributed by atoms with Gasteiger partial charge in [-0.05, 0) is 24.6 Å². The number of amides is 1. The summed E-state index contributed by atoms with van der Waals surface area (Å²) in [4.78, 5) is 11.8. The Morgan fingerprint density at radius 1 is 1.16 bits per heavy atom. The molecule has 0 saturated heterocycles. The number of rotatable bonds is 5. The summed E-state index contributed by atoms with van der Waals surface area (Å²) >= 11 is 0. The zero-order valence-electron chi connectivity index (χ0n) is 14.1. The van der Waals surface area contributed by atoms with Gasteiger partial charge in [0.2, 0.25) is 10.0 Å². The number of ether oxygens (including phenoxy) is 1. The van der Waals surface area contributed by atoms with Gasteiger partial charge in [0.05, 0.1) is 10.6 Å². The third-order valence-corrected chi connectivity index (χ3v) is 5.99. The molecule has 1 N–H and O–H groups in total.